The van der Waals surface area contributed by atoms with Gasteiger partial charge < -0.3 is 25.8 Å². The minimum absolute atomic E-state index is 0.0789. The number of benzene rings is 1. The fourth-order valence-electron chi connectivity index (χ4n) is 3.58. The van der Waals surface area contributed by atoms with Crippen LogP contribution in [0, 0.1) is 17.7 Å². The molecule has 1 unspecified atom stereocenters. The molecule has 3 amide bonds. The average molecular weight is 504 g/mol. The molecule has 1 aliphatic rings. The van der Waals surface area contributed by atoms with Gasteiger partial charge in [-0.05, 0) is 42.9 Å². The van der Waals surface area contributed by atoms with Crippen molar-refractivity contribution in [3.63, 3.8) is 0 Å². The number of hydrogen-bond acceptors (Lipinski definition) is 7. The number of alkyl carbamates (subject to hydrolysis) is 1. The molecule has 4 atom stereocenters. The molecule has 0 saturated carbocycles. The number of aliphatic hydroxyl groups excluding tert-OH is 1. The Morgan fingerprint density at radius 2 is 2.00 bits per heavy atom. The highest BCUT2D eigenvalue weighted by Crippen LogP contribution is 2.20. The molecule has 2 rings (SSSR count). The van der Waals surface area contributed by atoms with Gasteiger partial charge in [0.15, 0.2) is 0 Å². The zero-order valence-electron chi connectivity index (χ0n) is 18.9. The maximum atomic E-state index is 13.3. The molecule has 13 heteroatoms. The number of rotatable bonds is 11. The molecule has 190 valence electrons. The van der Waals surface area contributed by atoms with Crippen molar-refractivity contribution in [1.29, 1.82) is 0 Å². The Balaban J connectivity index is 2.08. The van der Waals surface area contributed by atoms with E-state index in [-0.39, 0.29) is 31.3 Å². The number of halogens is 1. The lowest BCUT2D eigenvalue weighted by atomic mass is 9.97. The third kappa shape index (κ3) is 8.54. The van der Waals surface area contributed by atoms with Gasteiger partial charge in [0.25, 0.3) is 10.1 Å². The second kappa shape index (κ2) is 12.1. The normalized spacial score (nSPS) is 18.6. The summed E-state index contributed by atoms with van der Waals surface area (Å²) in [6.45, 7) is 3.68. The Morgan fingerprint density at radius 1 is 1.29 bits per heavy atom. The van der Waals surface area contributed by atoms with Gasteiger partial charge in [0.2, 0.25) is 17.3 Å². The highest BCUT2D eigenvalue weighted by Gasteiger charge is 2.37. The van der Waals surface area contributed by atoms with E-state index in [1.165, 1.54) is 18.2 Å². The van der Waals surface area contributed by atoms with E-state index < -0.39 is 51.4 Å². The fourth-order valence-corrected chi connectivity index (χ4v) is 4.17. The van der Waals surface area contributed by atoms with Crippen molar-refractivity contribution in [2.24, 2.45) is 11.8 Å². The van der Waals surface area contributed by atoms with E-state index in [1.807, 2.05) is 0 Å². The Labute approximate surface area is 197 Å². The van der Waals surface area contributed by atoms with E-state index >= 15 is 0 Å². The van der Waals surface area contributed by atoms with Crippen LogP contribution < -0.4 is 16.0 Å². The summed E-state index contributed by atoms with van der Waals surface area (Å²) in [4.78, 5) is 37.1. The molecule has 1 saturated heterocycles. The van der Waals surface area contributed by atoms with E-state index in [0.29, 0.717) is 18.5 Å². The first-order valence-corrected chi connectivity index (χ1v) is 12.3. The second-order valence-corrected chi connectivity index (χ2v) is 10.1. The van der Waals surface area contributed by atoms with E-state index in [9.17, 15) is 36.9 Å². The Bertz CT molecular complexity index is 988. The van der Waals surface area contributed by atoms with Gasteiger partial charge in [-0.25, -0.2) is 9.18 Å². The monoisotopic (exact) mass is 503 g/mol. The lowest BCUT2D eigenvalue weighted by Gasteiger charge is -2.27. The molecular weight excluding hydrogens is 473 g/mol. The van der Waals surface area contributed by atoms with Gasteiger partial charge >= 0.3 is 6.09 Å². The van der Waals surface area contributed by atoms with Gasteiger partial charge in [-0.2, -0.15) is 8.42 Å². The van der Waals surface area contributed by atoms with E-state index in [0.717, 1.165) is 0 Å². The van der Waals surface area contributed by atoms with Gasteiger partial charge in [0, 0.05) is 12.5 Å². The molecule has 0 spiro atoms. The van der Waals surface area contributed by atoms with Crippen LogP contribution in [0.5, 0.6) is 0 Å². The van der Waals surface area contributed by atoms with Crippen molar-refractivity contribution in [3.8, 4) is 0 Å². The molecule has 5 N–H and O–H groups in total. The van der Waals surface area contributed by atoms with Crippen LogP contribution >= 0.6 is 0 Å². The van der Waals surface area contributed by atoms with Crippen molar-refractivity contribution in [2.75, 3.05) is 6.54 Å². The van der Waals surface area contributed by atoms with Gasteiger partial charge in [0.1, 0.15) is 18.5 Å². The van der Waals surface area contributed by atoms with Gasteiger partial charge in [-0.1, -0.05) is 26.0 Å². The Hall–Kier alpha value is -2.77. The molecule has 1 aromatic carbocycles. The van der Waals surface area contributed by atoms with Crippen LogP contribution in [-0.4, -0.2) is 60.0 Å². The van der Waals surface area contributed by atoms with Crippen LogP contribution in [0.1, 0.15) is 38.7 Å². The molecule has 1 heterocycles. The van der Waals surface area contributed by atoms with Crippen LogP contribution in [0.2, 0.25) is 0 Å². The van der Waals surface area contributed by atoms with E-state index in [2.05, 4.69) is 16.0 Å². The number of carbonyl (C=O) groups excluding carboxylic acids is 3. The number of amides is 3. The number of ether oxygens (including phenoxy) is 1. The number of nitrogens with one attached hydrogen (secondary N) is 3. The SMILES string of the molecule is CC(C)C[C@H](NC(=O)OCc1cccc(F)c1)C(=O)N[C@@H](C[C@@H]1CCNC1=O)C(O)S(=O)(=O)O. The molecular formula is C21H30FN3O8S. The van der Waals surface area contributed by atoms with Crippen LogP contribution in [0.4, 0.5) is 9.18 Å². The minimum Gasteiger partial charge on any atom is -0.445 e. The Morgan fingerprint density at radius 3 is 2.56 bits per heavy atom. The predicted molar refractivity (Wildman–Crippen MR) is 118 cm³/mol. The molecule has 0 aliphatic carbocycles. The van der Waals surface area contributed by atoms with E-state index in [4.69, 9.17) is 4.74 Å². The summed E-state index contributed by atoms with van der Waals surface area (Å²) < 4.78 is 50.6. The first-order chi connectivity index (χ1) is 15.9. The maximum absolute atomic E-state index is 13.3. The molecule has 34 heavy (non-hydrogen) atoms. The lowest BCUT2D eigenvalue weighted by molar-refractivity contribution is -0.126. The average Bonchev–Trinajstić information content (AvgIpc) is 3.14. The number of carbonyl (C=O) groups is 3. The molecule has 0 bridgehead atoms. The number of aliphatic hydroxyl groups is 1. The van der Waals surface area contributed by atoms with Gasteiger partial charge in [-0.3, -0.25) is 14.1 Å². The molecule has 1 fully saturated rings. The maximum Gasteiger partial charge on any atom is 0.408 e. The molecule has 0 radical (unpaired) electrons. The second-order valence-electron chi connectivity index (χ2n) is 8.57. The molecule has 1 aliphatic heterocycles. The summed E-state index contributed by atoms with van der Waals surface area (Å²) in [5, 5.41) is 17.4. The quantitative estimate of drug-likeness (QED) is 0.274. The third-order valence-electron chi connectivity index (χ3n) is 5.25. The molecule has 1 aromatic rings. The van der Waals surface area contributed by atoms with Crippen molar-refractivity contribution < 1.29 is 41.6 Å². The van der Waals surface area contributed by atoms with Crippen LogP contribution in [0.25, 0.3) is 0 Å². The highest BCUT2D eigenvalue weighted by atomic mass is 32.2. The summed E-state index contributed by atoms with van der Waals surface area (Å²) >= 11 is 0. The van der Waals surface area contributed by atoms with Crippen molar-refractivity contribution >= 4 is 28.0 Å². The zero-order chi connectivity index (χ0) is 25.5. The first-order valence-electron chi connectivity index (χ1n) is 10.8. The topological polar surface area (TPSA) is 171 Å². The molecule has 11 nitrogen and oxygen atoms in total. The third-order valence-corrected chi connectivity index (χ3v) is 6.19. The number of hydrogen-bond donors (Lipinski definition) is 5. The van der Waals surface area contributed by atoms with Crippen molar-refractivity contribution in [1.82, 2.24) is 16.0 Å². The van der Waals surface area contributed by atoms with Crippen molar-refractivity contribution in [2.45, 2.75) is 57.2 Å². The van der Waals surface area contributed by atoms with Crippen molar-refractivity contribution in [3.05, 3.63) is 35.6 Å². The van der Waals surface area contributed by atoms with Crippen LogP contribution in [-0.2, 0) is 31.1 Å². The summed E-state index contributed by atoms with van der Waals surface area (Å²) in [6.07, 6.45) is -0.702. The highest BCUT2D eigenvalue weighted by molar-refractivity contribution is 7.86. The summed E-state index contributed by atoms with van der Waals surface area (Å²) in [7, 11) is -4.95. The fraction of sp³-hybridized carbons (Fsp3) is 0.571. The lowest BCUT2D eigenvalue weighted by Crippen LogP contribution is -2.54. The summed E-state index contributed by atoms with van der Waals surface area (Å²) in [5.74, 6) is -2.45. The van der Waals surface area contributed by atoms with Gasteiger partial charge in [-0.15, -0.1) is 0 Å². The predicted octanol–water partition coefficient (Wildman–Crippen LogP) is 0.684. The van der Waals surface area contributed by atoms with Gasteiger partial charge in [0.05, 0.1) is 6.04 Å². The zero-order valence-corrected chi connectivity index (χ0v) is 19.7. The Kier molecular flexibility index (Phi) is 9.77. The van der Waals surface area contributed by atoms with Crippen LogP contribution in [0.15, 0.2) is 24.3 Å². The minimum atomic E-state index is -4.95. The largest absolute Gasteiger partial charge is 0.445 e. The first kappa shape index (κ1) is 27.5. The summed E-state index contributed by atoms with van der Waals surface area (Å²) in [6, 6.07) is 2.75. The smallest absolute Gasteiger partial charge is 0.408 e. The van der Waals surface area contributed by atoms with E-state index in [1.54, 1.807) is 19.9 Å². The molecule has 0 aromatic heterocycles. The summed E-state index contributed by atoms with van der Waals surface area (Å²) in [5.41, 5.74) is -1.98. The van der Waals surface area contributed by atoms with Crippen LogP contribution in [0.3, 0.4) is 0 Å². The standard InChI is InChI=1S/C21H30FN3O8S/c1-12(2)8-16(25-21(29)33-11-13-4-3-5-15(22)9-13)19(27)24-17(20(28)34(30,31)32)10-14-6-7-23-18(14)26/h3-5,9,12,14,16-17,20,28H,6-8,10-11H2,1-2H3,(H,23,26)(H,24,27)(H,25,29)(H,30,31,32)/t14-,16-,17-,20?/m0/s1.